The second-order valence-corrected chi connectivity index (χ2v) is 5.01. The van der Waals surface area contributed by atoms with Crippen molar-refractivity contribution in [2.75, 3.05) is 7.11 Å². The highest BCUT2D eigenvalue weighted by Gasteiger charge is 2.14. The summed E-state index contributed by atoms with van der Waals surface area (Å²) in [5.41, 5.74) is 7.35. The molecule has 0 aliphatic rings. The molecule has 0 spiro atoms. The zero-order valence-electron chi connectivity index (χ0n) is 9.53. The van der Waals surface area contributed by atoms with E-state index in [4.69, 9.17) is 22.1 Å². The molecule has 0 aliphatic carbocycles. The van der Waals surface area contributed by atoms with E-state index in [1.54, 1.807) is 7.11 Å². The third-order valence-electron chi connectivity index (χ3n) is 2.32. The van der Waals surface area contributed by atoms with Crippen LogP contribution in [0.1, 0.15) is 10.6 Å². The van der Waals surface area contributed by atoms with E-state index in [-0.39, 0.29) is 0 Å². The number of methoxy groups -OCH3 is 1. The van der Waals surface area contributed by atoms with Crippen LogP contribution in [-0.2, 0) is 6.54 Å². The first-order valence-electron chi connectivity index (χ1n) is 5.02. The molecule has 17 heavy (non-hydrogen) atoms. The average Bonchev–Trinajstić information content (AvgIpc) is 2.76. The lowest BCUT2D eigenvalue weighted by molar-refractivity contribution is 0.413. The van der Waals surface area contributed by atoms with E-state index in [9.17, 15) is 0 Å². The molecule has 0 aliphatic heterocycles. The normalized spacial score (nSPS) is 10.6. The van der Waals surface area contributed by atoms with Crippen molar-refractivity contribution in [3.8, 4) is 16.3 Å². The van der Waals surface area contributed by atoms with Crippen LogP contribution in [0.4, 0.5) is 0 Å². The number of hydrogen-bond acceptors (Lipinski definition) is 5. The van der Waals surface area contributed by atoms with Gasteiger partial charge in [-0.15, -0.1) is 10.2 Å². The Morgan fingerprint density at radius 2 is 2.18 bits per heavy atom. The first-order chi connectivity index (χ1) is 8.15. The van der Waals surface area contributed by atoms with Crippen LogP contribution in [0, 0.1) is 6.92 Å². The highest BCUT2D eigenvalue weighted by Crippen LogP contribution is 2.36. The van der Waals surface area contributed by atoms with Gasteiger partial charge in [0.1, 0.15) is 10.8 Å². The highest BCUT2D eigenvalue weighted by atomic mass is 35.5. The zero-order chi connectivity index (χ0) is 12.4. The number of rotatable bonds is 3. The predicted octanol–water partition coefficient (Wildman–Crippen LogP) is 2.63. The summed E-state index contributed by atoms with van der Waals surface area (Å²) in [4.78, 5) is 0. The smallest absolute Gasteiger partial charge is 0.151 e. The number of aryl methyl sites for hydroxylation is 1. The van der Waals surface area contributed by atoms with E-state index in [0.29, 0.717) is 11.6 Å². The molecule has 0 radical (unpaired) electrons. The van der Waals surface area contributed by atoms with Gasteiger partial charge in [0, 0.05) is 11.6 Å². The molecule has 0 fully saturated rings. The fraction of sp³-hybridized carbons (Fsp3) is 0.273. The van der Waals surface area contributed by atoms with Crippen molar-refractivity contribution in [1.29, 1.82) is 0 Å². The van der Waals surface area contributed by atoms with Gasteiger partial charge < -0.3 is 10.5 Å². The molecule has 6 heteroatoms. The van der Waals surface area contributed by atoms with Crippen LogP contribution < -0.4 is 10.5 Å². The Balaban J connectivity index is 2.57. The summed E-state index contributed by atoms with van der Waals surface area (Å²) in [6, 6.07) is 3.68. The van der Waals surface area contributed by atoms with Crippen LogP contribution >= 0.6 is 22.9 Å². The van der Waals surface area contributed by atoms with Gasteiger partial charge in [0.05, 0.1) is 12.7 Å². The first kappa shape index (κ1) is 12.3. The van der Waals surface area contributed by atoms with Gasteiger partial charge in [-0.3, -0.25) is 0 Å². The Labute approximate surface area is 108 Å². The summed E-state index contributed by atoms with van der Waals surface area (Å²) in [5.74, 6) is 0.772. The van der Waals surface area contributed by atoms with Gasteiger partial charge in [-0.25, -0.2) is 0 Å². The summed E-state index contributed by atoms with van der Waals surface area (Å²) >= 11 is 7.49. The molecule has 1 aromatic heterocycles. The molecule has 0 amide bonds. The van der Waals surface area contributed by atoms with E-state index in [1.807, 2.05) is 19.1 Å². The van der Waals surface area contributed by atoms with Crippen molar-refractivity contribution in [3.63, 3.8) is 0 Å². The zero-order valence-corrected chi connectivity index (χ0v) is 11.1. The highest BCUT2D eigenvalue weighted by molar-refractivity contribution is 7.14. The van der Waals surface area contributed by atoms with Crippen LogP contribution in [0.2, 0.25) is 5.02 Å². The number of hydrogen-bond donors (Lipinski definition) is 1. The van der Waals surface area contributed by atoms with E-state index < -0.39 is 0 Å². The number of halogens is 1. The minimum Gasteiger partial charge on any atom is -0.496 e. The molecule has 2 N–H and O–H groups in total. The van der Waals surface area contributed by atoms with Crippen molar-refractivity contribution in [2.24, 2.45) is 5.73 Å². The second-order valence-electron chi connectivity index (χ2n) is 3.51. The molecule has 0 saturated heterocycles. The van der Waals surface area contributed by atoms with Crippen molar-refractivity contribution in [2.45, 2.75) is 13.5 Å². The summed E-state index contributed by atoms with van der Waals surface area (Å²) in [6.45, 7) is 2.33. The quantitative estimate of drug-likeness (QED) is 0.930. The standard InChI is InChI=1S/C11H12ClN3OS/c1-6-3-7(12)4-8(10(6)16-2)11-15-14-9(5-13)17-11/h3-4H,5,13H2,1-2H3. The fourth-order valence-electron chi connectivity index (χ4n) is 1.60. The van der Waals surface area contributed by atoms with Crippen LogP contribution in [-0.4, -0.2) is 17.3 Å². The molecule has 90 valence electrons. The number of nitrogens with two attached hydrogens (primary N) is 1. The number of nitrogens with zero attached hydrogens (tertiary/aromatic N) is 2. The maximum Gasteiger partial charge on any atom is 0.151 e. The van der Waals surface area contributed by atoms with Crippen LogP contribution in [0.25, 0.3) is 10.6 Å². The molecule has 4 nitrogen and oxygen atoms in total. The molecule has 0 atom stereocenters. The summed E-state index contributed by atoms with van der Waals surface area (Å²) in [7, 11) is 1.63. The monoisotopic (exact) mass is 269 g/mol. The SMILES string of the molecule is COc1c(C)cc(Cl)cc1-c1nnc(CN)s1. The third-order valence-corrected chi connectivity index (χ3v) is 3.51. The lowest BCUT2D eigenvalue weighted by atomic mass is 10.1. The summed E-state index contributed by atoms with van der Waals surface area (Å²) < 4.78 is 5.38. The first-order valence-corrected chi connectivity index (χ1v) is 6.22. The second kappa shape index (κ2) is 5.00. The molecule has 2 rings (SSSR count). The predicted molar refractivity (Wildman–Crippen MR) is 69.5 cm³/mol. The molecule has 1 heterocycles. The van der Waals surface area contributed by atoms with Gasteiger partial charge in [0.25, 0.3) is 0 Å². The van der Waals surface area contributed by atoms with Crippen molar-refractivity contribution >= 4 is 22.9 Å². The number of benzene rings is 1. The number of ether oxygens (including phenoxy) is 1. The minimum absolute atomic E-state index is 0.388. The molecule has 0 saturated carbocycles. The van der Waals surface area contributed by atoms with Crippen LogP contribution in [0.3, 0.4) is 0 Å². The average molecular weight is 270 g/mol. The summed E-state index contributed by atoms with van der Waals surface area (Å²) in [6.07, 6.45) is 0. The Kier molecular flexibility index (Phi) is 3.61. The van der Waals surface area contributed by atoms with E-state index >= 15 is 0 Å². The van der Waals surface area contributed by atoms with E-state index in [0.717, 1.165) is 26.9 Å². The van der Waals surface area contributed by atoms with Gasteiger partial charge in [0.15, 0.2) is 5.01 Å². The van der Waals surface area contributed by atoms with Gasteiger partial charge in [-0.1, -0.05) is 22.9 Å². The Hall–Kier alpha value is -1.17. The van der Waals surface area contributed by atoms with Gasteiger partial charge >= 0.3 is 0 Å². The Morgan fingerprint density at radius 1 is 1.41 bits per heavy atom. The molecule has 0 bridgehead atoms. The molecule has 0 unspecified atom stereocenters. The van der Waals surface area contributed by atoms with Gasteiger partial charge in [0.2, 0.25) is 0 Å². The van der Waals surface area contributed by atoms with Gasteiger partial charge in [-0.2, -0.15) is 0 Å². The third kappa shape index (κ3) is 2.41. The van der Waals surface area contributed by atoms with E-state index in [1.165, 1.54) is 11.3 Å². The minimum atomic E-state index is 0.388. The maximum absolute atomic E-state index is 6.05. The van der Waals surface area contributed by atoms with Gasteiger partial charge in [-0.05, 0) is 24.6 Å². The van der Waals surface area contributed by atoms with Crippen molar-refractivity contribution in [1.82, 2.24) is 10.2 Å². The van der Waals surface area contributed by atoms with Crippen molar-refractivity contribution < 1.29 is 4.74 Å². The topological polar surface area (TPSA) is 61.0 Å². The lowest BCUT2D eigenvalue weighted by Gasteiger charge is -2.09. The molecule has 2 aromatic rings. The summed E-state index contributed by atoms with van der Waals surface area (Å²) in [5, 5.41) is 10.3. The number of aromatic nitrogens is 2. The van der Waals surface area contributed by atoms with Crippen molar-refractivity contribution in [3.05, 3.63) is 27.7 Å². The molecule has 1 aromatic carbocycles. The van der Waals surface area contributed by atoms with Crippen LogP contribution in [0.5, 0.6) is 5.75 Å². The Bertz CT molecular complexity index is 542. The van der Waals surface area contributed by atoms with E-state index in [2.05, 4.69) is 10.2 Å². The Morgan fingerprint density at radius 3 is 2.76 bits per heavy atom. The maximum atomic E-state index is 6.05. The largest absolute Gasteiger partial charge is 0.496 e. The molecular formula is C11H12ClN3OS. The fourth-order valence-corrected chi connectivity index (χ4v) is 2.61. The van der Waals surface area contributed by atoms with Crippen LogP contribution in [0.15, 0.2) is 12.1 Å². The molecular weight excluding hydrogens is 258 g/mol. The lowest BCUT2D eigenvalue weighted by Crippen LogP contribution is -1.94.